The molecule has 1 aromatic rings. The summed E-state index contributed by atoms with van der Waals surface area (Å²) >= 11 is 1.83. The molecule has 0 atom stereocenters. The number of rotatable bonds is 3. The molecule has 0 aliphatic carbocycles. The molecule has 0 saturated carbocycles. The molecule has 1 aromatic carbocycles. The zero-order chi connectivity index (χ0) is 9.90. The Hall–Kier alpha value is -0.470. The van der Waals surface area contributed by atoms with Crippen molar-refractivity contribution in [2.75, 3.05) is 6.26 Å². The Balaban J connectivity index is 3.05. The van der Waals surface area contributed by atoms with Crippen LogP contribution < -0.4 is 5.73 Å². The average molecular weight is 195 g/mol. The van der Waals surface area contributed by atoms with Gasteiger partial charge in [-0.2, -0.15) is 11.8 Å². The molecule has 0 bridgehead atoms. The Morgan fingerprint density at radius 3 is 2.46 bits per heavy atom. The van der Waals surface area contributed by atoms with E-state index >= 15 is 0 Å². The topological polar surface area (TPSA) is 26.0 Å². The molecular weight excluding hydrogens is 178 g/mol. The highest BCUT2D eigenvalue weighted by atomic mass is 32.2. The Morgan fingerprint density at radius 2 is 1.92 bits per heavy atom. The lowest BCUT2D eigenvalue weighted by atomic mass is 9.92. The molecule has 0 amide bonds. The first-order valence-electron chi connectivity index (χ1n) is 4.42. The number of nitrogens with two attached hydrogens (primary N) is 1. The first-order chi connectivity index (χ1) is 6.05. The zero-order valence-corrected chi connectivity index (χ0v) is 9.32. The second-order valence-corrected chi connectivity index (χ2v) is 4.68. The predicted octanol–water partition coefficient (Wildman–Crippen LogP) is 2.74. The Labute approximate surface area is 84.7 Å². The third-order valence-corrected chi connectivity index (χ3v) is 2.61. The van der Waals surface area contributed by atoms with E-state index in [4.69, 9.17) is 5.73 Å². The molecule has 0 aliphatic heterocycles. The van der Waals surface area contributed by atoms with Crippen LogP contribution in [0.25, 0.3) is 0 Å². The maximum atomic E-state index is 6.08. The van der Waals surface area contributed by atoms with Crippen LogP contribution in [0.5, 0.6) is 0 Å². The fraction of sp³-hybridized carbons (Fsp3) is 0.455. The lowest BCUT2D eigenvalue weighted by Gasteiger charge is -2.22. The van der Waals surface area contributed by atoms with Crippen LogP contribution in [-0.4, -0.2) is 6.26 Å². The van der Waals surface area contributed by atoms with Crippen LogP contribution in [0.1, 0.15) is 25.0 Å². The fourth-order valence-corrected chi connectivity index (χ4v) is 1.99. The lowest BCUT2D eigenvalue weighted by Crippen LogP contribution is -2.29. The average Bonchev–Trinajstić information content (AvgIpc) is 2.04. The number of thioether (sulfide) groups is 1. The normalized spacial score (nSPS) is 11.7. The SMILES string of the molecule is CSCc1ccccc1C(C)(C)N. The van der Waals surface area contributed by atoms with Crippen LogP contribution >= 0.6 is 11.8 Å². The summed E-state index contributed by atoms with van der Waals surface area (Å²) in [6.07, 6.45) is 2.11. The molecule has 2 N–H and O–H groups in total. The van der Waals surface area contributed by atoms with Gasteiger partial charge in [0.05, 0.1) is 0 Å². The molecule has 0 radical (unpaired) electrons. The van der Waals surface area contributed by atoms with Gasteiger partial charge in [-0.3, -0.25) is 0 Å². The quantitative estimate of drug-likeness (QED) is 0.802. The third kappa shape index (κ3) is 2.75. The van der Waals surface area contributed by atoms with Crippen LogP contribution in [0.3, 0.4) is 0 Å². The van der Waals surface area contributed by atoms with Crippen LogP contribution in [0, 0.1) is 0 Å². The minimum absolute atomic E-state index is 0.230. The Bertz CT molecular complexity index is 276. The van der Waals surface area contributed by atoms with Crippen LogP contribution in [0.15, 0.2) is 24.3 Å². The highest BCUT2D eigenvalue weighted by Gasteiger charge is 2.16. The second kappa shape index (κ2) is 4.16. The van der Waals surface area contributed by atoms with Gasteiger partial charge in [0.1, 0.15) is 0 Å². The monoisotopic (exact) mass is 195 g/mol. The van der Waals surface area contributed by atoms with Gasteiger partial charge in [-0.25, -0.2) is 0 Å². The third-order valence-electron chi connectivity index (χ3n) is 2.01. The smallest absolute Gasteiger partial charge is 0.0355 e. The first-order valence-corrected chi connectivity index (χ1v) is 5.81. The van der Waals surface area contributed by atoms with Crippen molar-refractivity contribution in [1.82, 2.24) is 0 Å². The molecular formula is C11H17NS. The van der Waals surface area contributed by atoms with Crippen molar-refractivity contribution >= 4 is 11.8 Å². The van der Waals surface area contributed by atoms with Gasteiger partial charge in [-0.15, -0.1) is 0 Å². The summed E-state index contributed by atoms with van der Waals surface area (Å²) in [5, 5.41) is 0. The largest absolute Gasteiger partial charge is 0.322 e. The van der Waals surface area contributed by atoms with Gasteiger partial charge in [0.25, 0.3) is 0 Å². The molecule has 0 spiro atoms. The van der Waals surface area contributed by atoms with Gasteiger partial charge in [0.2, 0.25) is 0 Å². The highest BCUT2D eigenvalue weighted by molar-refractivity contribution is 7.97. The summed E-state index contributed by atoms with van der Waals surface area (Å²) in [5.41, 5.74) is 8.45. The van der Waals surface area contributed by atoms with Crippen LogP contribution in [-0.2, 0) is 11.3 Å². The molecule has 0 aliphatic rings. The minimum atomic E-state index is -0.230. The summed E-state index contributed by atoms with van der Waals surface area (Å²) in [6, 6.07) is 8.39. The van der Waals surface area contributed by atoms with Crippen LogP contribution in [0.4, 0.5) is 0 Å². The van der Waals surface area contributed by atoms with E-state index in [0.29, 0.717) is 0 Å². The fourth-order valence-electron chi connectivity index (χ4n) is 1.43. The first kappa shape index (κ1) is 10.6. The molecule has 0 unspecified atom stereocenters. The van der Waals surface area contributed by atoms with E-state index < -0.39 is 0 Å². The standard InChI is InChI=1S/C11H17NS/c1-11(2,12)10-7-5-4-6-9(10)8-13-3/h4-7H,8,12H2,1-3H3. The van der Waals surface area contributed by atoms with Gasteiger partial charge in [-0.1, -0.05) is 24.3 Å². The lowest BCUT2D eigenvalue weighted by molar-refractivity contribution is 0.550. The van der Waals surface area contributed by atoms with E-state index in [2.05, 4.69) is 24.5 Å². The van der Waals surface area contributed by atoms with Gasteiger partial charge >= 0.3 is 0 Å². The van der Waals surface area contributed by atoms with Gasteiger partial charge in [-0.05, 0) is 31.2 Å². The predicted molar refractivity (Wildman–Crippen MR) is 60.9 cm³/mol. The Morgan fingerprint density at radius 1 is 1.31 bits per heavy atom. The van der Waals surface area contributed by atoms with E-state index in [0.717, 1.165) is 5.75 Å². The summed E-state index contributed by atoms with van der Waals surface area (Å²) in [4.78, 5) is 0. The van der Waals surface area contributed by atoms with Gasteiger partial charge in [0, 0.05) is 11.3 Å². The van der Waals surface area contributed by atoms with E-state index in [-0.39, 0.29) is 5.54 Å². The summed E-state index contributed by atoms with van der Waals surface area (Å²) in [6.45, 7) is 4.10. The molecule has 72 valence electrons. The van der Waals surface area contributed by atoms with E-state index in [1.165, 1.54) is 11.1 Å². The Kier molecular flexibility index (Phi) is 3.40. The molecule has 1 rings (SSSR count). The molecule has 0 aromatic heterocycles. The zero-order valence-electron chi connectivity index (χ0n) is 8.50. The van der Waals surface area contributed by atoms with Crippen molar-refractivity contribution < 1.29 is 0 Å². The maximum absolute atomic E-state index is 6.08. The van der Waals surface area contributed by atoms with Crippen molar-refractivity contribution in [1.29, 1.82) is 0 Å². The molecule has 2 heteroatoms. The van der Waals surface area contributed by atoms with Crippen molar-refractivity contribution in [2.24, 2.45) is 5.73 Å². The maximum Gasteiger partial charge on any atom is 0.0355 e. The summed E-state index contributed by atoms with van der Waals surface area (Å²) in [5.74, 6) is 1.04. The van der Waals surface area contributed by atoms with E-state index in [9.17, 15) is 0 Å². The van der Waals surface area contributed by atoms with Crippen molar-refractivity contribution in [3.05, 3.63) is 35.4 Å². The number of hydrogen-bond acceptors (Lipinski definition) is 2. The molecule has 13 heavy (non-hydrogen) atoms. The molecule has 0 heterocycles. The molecule has 0 fully saturated rings. The molecule has 1 nitrogen and oxygen atoms in total. The van der Waals surface area contributed by atoms with Crippen LogP contribution in [0.2, 0.25) is 0 Å². The number of hydrogen-bond donors (Lipinski definition) is 1. The minimum Gasteiger partial charge on any atom is -0.322 e. The molecule has 0 saturated heterocycles. The van der Waals surface area contributed by atoms with Crippen molar-refractivity contribution in [2.45, 2.75) is 25.1 Å². The van der Waals surface area contributed by atoms with Crippen molar-refractivity contribution in [3.63, 3.8) is 0 Å². The summed E-state index contributed by atoms with van der Waals surface area (Å²) in [7, 11) is 0. The highest BCUT2D eigenvalue weighted by Crippen LogP contribution is 2.23. The second-order valence-electron chi connectivity index (χ2n) is 3.81. The van der Waals surface area contributed by atoms with E-state index in [1.54, 1.807) is 0 Å². The summed E-state index contributed by atoms with van der Waals surface area (Å²) < 4.78 is 0. The van der Waals surface area contributed by atoms with E-state index in [1.807, 2.05) is 31.7 Å². The van der Waals surface area contributed by atoms with Gasteiger partial charge < -0.3 is 5.73 Å². The van der Waals surface area contributed by atoms with Crippen molar-refractivity contribution in [3.8, 4) is 0 Å². The number of benzene rings is 1. The van der Waals surface area contributed by atoms with Gasteiger partial charge in [0.15, 0.2) is 0 Å².